The van der Waals surface area contributed by atoms with Gasteiger partial charge in [0, 0.05) is 5.92 Å². The monoisotopic (exact) mass is 350 g/mol. The van der Waals surface area contributed by atoms with Crippen molar-refractivity contribution in [3.63, 3.8) is 0 Å². The van der Waals surface area contributed by atoms with Crippen LogP contribution in [0.5, 0.6) is 0 Å². The van der Waals surface area contributed by atoms with Gasteiger partial charge in [0.25, 0.3) is 0 Å². The zero-order chi connectivity index (χ0) is 18.0. The Bertz CT molecular complexity index is 548. The van der Waals surface area contributed by atoms with Crippen molar-refractivity contribution in [1.82, 2.24) is 0 Å². The molecule has 3 N–H and O–H groups in total. The SMILES string of the molecule is C[C@]12CC(O)[C@H]3C(CCC4CC(O)CC[C@@]43C)[C@@H]1CC[C@@H]2C(=O)CO. The highest BCUT2D eigenvalue weighted by molar-refractivity contribution is 5.83. The Morgan fingerprint density at radius 3 is 2.52 bits per heavy atom. The van der Waals surface area contributed by atoms with Crippen LogP contribution in [0.25, 0.3) is 0 Å². The first-order valence-corrected chi connectivity index (χ1v) is 10.3. The Morgan fingerprint density at radius 2 is 1.80 bits per heavy atom. The third kappa shape index (κ3) is 2.47. The number of carbonyl (C=O) groups excluding carboxylic acids is 1. The maximum Gasteiger partial charge on any atom is 0.161 e. The van der Waals surface area contributed by atoms with Crippen molar-refractivity contribution in [2.45, 2.75) is 77.4 Å². The van der Waals surface area contributed by atoms with Gasteiger partial charge in [-0.25, -0.2) is 0 Å². The highest BCUT2D eigenvalue weighted by Gasteiger charge is 2.63. The maximum absolute atomic E-state index is 12.3. The van der Waals surface area contributed by atoms with E-state index in [1.165, 1.54) is 0 Å². The molecule has 4 fully saturated rings. The molecule has 0 saturated heterocycles. The first kappa shape index (κ1) is 17.9. The average molecular weight is 350 g/mol. The lowest BCUT2D eigenvalue weighted by Gasteiger charge is -2.62. The minimum absolute atomic E-state index is 0.0312. The van der Waals surface area contributed by atoms with Crippen molar-refractivity contribution in [3.05, 3.63) is 0 Å². The number of rotatable bonds is 2. The summed E-state index contributed by atoms with van der Waals surface area (Å²) < 4.78 is 0. The molecule has 4 rings (SSSR count). The van der Waals surface area contributed by atoms with E-state index < -0.39 is 0 Å². The average Bonchev–Trinajstić information content (AvgIpc) is 2.91. The van der Waals surface area contributed by atoms with Crippen LogP contribution in [-0.4, -0.2) is 39.9 Å². The molecule has 4 nitrogen and oxygen atoms in total. The van der Waals surface area contributed by atoms with E-state index in [2.05, 4.69) is 13.8 Å². The minimum Gasteiger partial charge on any atom is -0.393 e. The van der Waals surface area contributed by atoms with Crippen LogP contribution in [0.1, 0.15) is 65.2 Å². The second kappa shape index (κ2) is 6.03. The van der Waals surface area contributed by atoms with Crippen molar-refractivity contribution in [2.75, 3.05) is 6.61 Å². The summed E-state index contributed by atoms with van der Waals surface area (Å²) >= 11 is 0. The molecule has 0 aliphatic heterocycles. The van der Waals surface area contributed by atoms with Crippen molar-refractivity contribution >= 4 is 5.78 Å². The van der Waals surface area contributed by atoms with Crippen molar-refractivity contribution in [1.29, 1.82) is 0 Å². The predicted octanol–water partition coefficient (Wildman–Crippen LogP) is 2.54. The molecule has 0 aromatic heterocycles. The van der Waals surface area contributed by atoms with Crippen LogP contribution in [0.2, 0.25) is 0 Å². The molecule has 0 aromatic rings. The molecule has 142 valence electrons. The maximum atomic E-state index is 12.3. The predicted molar refractivity (Wildman–Crippen MR) is 94.7 cm³/mol. The summed E-state index contributed by atoms with van der Waals surface area (Å²) in [6.45, 7) is 4.19. The van der Waals surface area contributed by atoms with E-state index in [1.54, 1.807) is 0 Å². The Hall–Kier alpha value is -0.450. The molecule has 4 heteroatoms. The van der Waals surface area contributed by atoms with E-state index in [9.17, 15) is 20.1 Å². The van der Waals surface area contributed by atoms with Gasteiger partial charge in [0.05, 0.1) is 12.2 Å². The highest BCUT2D eigenvalue weighted by atomic mass is 16.3. The molecule has 4 aliphatic rings. The molecule has 4 aliphatic carbocycles. The van der Waals surface area contributed by atoms with Crippen molar-refractivity contribution in [3.8, 4) is 0 Å². The van der Waals surface area contributed by atoms with Gasteiger partial charge in [-0.2, -0.15) is 0 Å². The van der Waals surface area contributed by atoms with E-state index in [-0.39, 0.29) is 41.3 Å². The topological polar surface area (TPSA) is 77.8 Å². The zero-order valence-electron chi connectivity index (χ0n) is 15.7. The van der Waals surface area contributed by atoms with Crippen LogP contribution in [0.3, 0.4) is 0 Å². The Morgan fingerprint density at radius 1 is 1.04 bits per heavy atom. The van der Waals surface area contributed by atoms with Gasteiger partial charge in [-0.3, -0.25) is 4.79 Å². The summed E-state index contributed by atoms with van der Waals surface area (Å²) in [4.78, 5) is 12.3. The second-order valence-electron chi connectivity index (χ2n) is 10.0. The molecular formula is C21H34O4. The molecule has 0 spiro atoms. The van der Waals surface area contributed by atoms with Gasteiger partial charge in [0.2, 0.25) is 0 Å². The van der Waals surface area contributed by atoms with E-state index in [0.29, 0.717) is 30.1 Å². The van der Waals surface area contributed by atoms with Crippen molar-refractivity contribution in [2.24, 2.45) is 40.4 Å². The van der Waals surface area contributed by atoms with Gasteiger partial charge in [-0.05, 0) is 85.9 Å². The quantitative estimate of drug-likeness (QED) is 0.715. The standard InChI is InChI=1S/C21H34O4/c1-20-8-7-13(23)9-12(20)3-4-14-15-5-6-16(18(25)11-22)21(15,2)10-17(24)19(14)20/h12-17,19,22-24H,3-11H2,1-2H3/t12?,13?,14?,15-,16+,17?,19+,20-,21-/m0/s1. The van der Waals surface area contributed by atoms with Gasteiger partial charge in [0.1, 0.15) is 6.61 Å². The number of fused-ring (bicyclic) bond motifs is 5. The summed E-state index contributed by atoms with van der Waals surface area (Å²) in [6, 6.07) is 0. The zero-order valence-corrected chi connectivity index (χ0v) is 15.7. The summed E-state index contributed by atoms with van der Waals surface area (Å²) in [5.74, 6) is 1.69. The fourth-order valence-electron chi connectivity index (χ4n) is 8.00. The first-order valence-electron chi connectivity index (χ1n) is 10.3. The number of aliphatic hydroxyl groups is 3. The Balaban J connectivity index is 1.65. The highest BCUT2D eigenvalue weighted by Crippen LogP contribution is 2.67. The summed E-state index contributed by atoms with van der Waals surface area (Å²) in [5, 5.41) is 30.7. The van der Waals surface area contributed by atoms with Crippen LogP contribution < -0.4 is 0 Å². The molecule has 4 unspecified atom stereocenters. The minimum atomic E-state index is -0.366. The number of ketones is 1. The van der Waals surface area contributed by atoms with E-state index in [0.717, 1.165) is 44.9 Å². The molecule has 0 aromatic carbocycles. The van der Waals surface area contributed by atoms with Gasteiger partial charge >= 0.3 is 0 Å². The van der Waals surface area contributed by atoms with Crippen LogP contribution >= 0.6 is 0 Å². The number of hydrogen-bond donors (Lipinski definition) is 3. The number of carbonyl (C=O) groups is 1. The van der Waals surface area contributed by atoms with Crippen molar-refractivity contribution < 1.29 is 20.1 Å². The fraction of sp³-hybridized carbons (Fsp3) is 0.952. The fourth-order valence-corrected chi connectivity index (χ4v) is 8.00. The first-order chi connectivity index (χ1) is 11.8. The number of aliphatic hydroxyl groups excluding tert-OH is 3. The number of hydrogen-bond acceptors (Lipinski definition) is 4. The van der Waals surface area contributed by atoms with Crippen LogP contribution in [-0.2, 0) is 4.79 Å². The molecule has 4 saturated carbocycles. The Labute approximate surface area is 151 Å². The lowest BCUT2D eigenvalue weighted by molar-refractivity contribution is -0.179. The molecule has 0 radical (unpaired) electrons. The van der Waals surface area contributed by atoms with E-state index in [1.807, 2.05) is 0 Å². The molecule has 9 atom stereocenters. The van der Waals surface area contributed by atoms with Crippen LogP contribution in [0.15, 0.2) is 0 Å². The normalized spacial score (nSPS) is 55.2. The lowest BCUT2D eigenvalue weighted by atomic mass is 9.44. The van der Waals surface area contributed by atoms with E-state index >= 15 is 0 Å². The van der Waals surface area contributed by atoms with Gasteiger partial charge < -0.3 is 15.3 Å². The summed E-state index contributed by atoms with van der Waals surface area (Å²) in [7, 11) is 0. The van der Waals surface area contributed by atoms with Gasteiger partial charge in [-0.1, -0.05) is 13.8 Å². The largest absolute Gasteiger partial charge is 0.393 e. The Kier molecular flexibility index (Phi) is 4.33. The molecule has 0 heterocycles. The van der Waals surface area contributed by atoms with Gasteiger partial charge in [0.15, 0.2) is 5.78 Å². The van der Waals surface area contributed by atoms with E-state index in [4.69, 9.17) is 0 Å². The van der Waals surface area contributed by atoms with Crippen LogP contribution in [0.4, 0.5) is 0 Å². The van der Waals surface area contributed by atoms with Crippen LogP contribution in [0, 0.1) is 40.4 Å². The number of Topliss-reactive ketones (excluding diaryl/α,β-unsaturated/α-hetero) is 1. The molecule has 0 amide bonds. The summed E-state index contributed by atoms with van der Waals surface area (Å²) in [6.07, 6.45) is 7.12. The molecule has 25 heavy (non-hydrogen) atoms. The third-order valence-electron chi connectivity index (χ3n) is 9.11. The summed E-state index contributed by atoms with van der Waals surface area (Å²) in [5.41, 5.74) is -0.0280. The van der Waals surface area contributed by atoms with Gasteiger partial charge in [-0.15, -0.1) is 0 Å². The molecular weight excluding hydrogens is 316 g/mol. The molecule has 0 bridgehead atoms. The third-order valence-corrected chi connectivity index (χ3v) is 9.11. The lowest BCUT2D eigenvalue weighted by Crippen LogP contribution is -2.59. The second-order valence-corrected chi connectivity index (χ2v) is 10.0. The smallest absolute Gasteiger partial charge is 0.161 e.